The minimum absolute atomic E-state index is 0.171. The molecule has 4 rings (SSSR count). The van der Waals surface area contributed by atoms with Crippen LogP contribution in [0.2, 0.25) is 0 Å². The molecule has 0 aromatic carbocycles. The third-order valence-corrected chi connectivity index (χ3v) is 3.60. The Bertz CT molecular complexity index is 1040. The number of anilines is 1. The van der Waals surface area contributed by atoms with E-state index < -0.39 is 0 Å². The molecule has 0 saturated carbocycles. The minimum Gasteiger partial charge on any atom is -0.439 e. The van der Waals surface area contributed by atoms with Crippen LogP contribution in [0, 0.1) is 6.92 Å². The molecule has 0 bridgehead atoms. The standard InChI is InChI=1S/C17H14N6O2/c1-11-19-8-15(25-11)13-3-2-12-7-20-16(6-14(12)21-13)22-17(24)9-23-5-4-18-10-23/h2-8,10H,9H2,1H3,(H,20,22,24). The maximum Gasteiger partial charge on any atom is 0.245 e. The molecular formula is C17H14N6O2. The lowest BCUT2D eigenvalue weighted by molar-refractivity contribution is -0.116. The predicted octanol–water partition coefficient (Wildman–Crippen LogP) is 2.43. The molecule has 1 amide bonds. The Morgan fingerprint density at radius 2 is 2.20 bits per heavy atom. The van der Waals surface area contributed by atoms with Crippen LogP contribution in [0.15, 0.2) is 53.7 Å². The number of rotatable bonds is 4. The van der Waals surface area contributed by atoms with Gasteiger partial charge in [-0.1, -0.05) is 0 Å². The van der Waals surface area contributed by atoms with Crippen molar-refractivity contribution in [2.24, 2.45) is 0 Å². The number of hydrogen-bond donors (Lipinski definition) is 1. The van der Waals surface area contributed by atoms with Gasteiger partial charge in [-0.25, -0.2) is 19.9 Å². The van der Waals surface area contributed by atoms with E-state index in [-0.39, 0.29) is 12.5 Å². The predicted molar refractivity (Wildman–Crippen MR) is 90.6 cm³/mol. The first-order chi connectivity index (χ1) is 12.2. The average Bonchev–Trinajstić information content (AvgIpc) is 3.26. The summed E-state index contributed by atoms with van der Waals surface area (Å²) in [6, 6.07) is 5.48. The van der Waals surface area contributed by atoms with Gasteiger partial charge < -0.3 is 14.3 Å². The lowest BCUT2D eigenvalue weighted by atomic mass is 10.2. The summed E-state index contributed by atoms with van der Waals surface area (Å²) in [4.78, 5) is 28.9. The molecule has 8 heteroatoms. The van der Waals surface area contributed by atoms with E-state index in [0.29, 0.717) is 28.7 Å². The van der Waals surface area contributed by atoms with E-state index in [1.807, 2.05) is 12.1 Å². The molecule has 0 fully saturated rings. The number of carbonyl (C=O) groups is 1. The highest BCUT2D eigenvalue weighted by Gasteiger charge is 2.09. The van der Waals surface area contributed by atoms with Crippen LogP contribution in [0.3, 0.4) is 0 Å². The van der Waals surface area contributed by atoms with E-state index >= 15 is 0 Å². The van der Waals surface area contributed by atoms with Gasteiger partial charge in [0.15, 0.2) is 11.7 Å². The Morgan fingerprint density at radius 3 is 2.96 bits per heavy atom. The number of fused-ring (bicyclic) bond motifs is 1. The van der Waals surface area contributed by atoms with Crippen LogP contribution in [-0.2, 0) is 11.3 Å². The lowest BCUT2D eigenvalue weighted by Crippen LogP contribution is -2.18. The van der Waals surface area contributed by atoms with E-state index in [1.165, 1.54) is 0 Å². The molecule has 0 unspecified atom stereocenters. The van der Waals surface area contributed by atoms with Gasteiger partial charge in [0, 0.05) is 37.0 Å². The molecule has 25 heavy (non-hydrogen) atoms. The van der Waals surface area contributed by atoms with Crippen LogP contribution in [0.5, 0.6) is 0 Å². The molecule has 0 spiro atoms. The van der Waals surface area contributed by atoms with Crippen molar-refractivity contribution in [2.45, 2.75) is 13.5 Å². The first-order valence-electron chi connectivity index (χ1n) is 7.62. The van der Waals surface area contributed by atoms with Crippen LogP contribution in [0.1, 0.15) is 5.89 Å². The normalized spacial score (nSPS) is 10.9. The number of nitrogens with one attached hydrogen (secondary N) is 1. The fourth-order valence-corrected chi connectivity index (χ4v) is 2.43. The van der Waals surface area contributed by atoms with Gasteiger partial charge in [-0.2, -0.15) is 0 Å². The van der Waals surface area contributed by atoms with Crippen LogP contribution in [0.25, 0.3) is 22.4 Å². The molecule has 0 aliphatic rings. The molecule has 4 aromatic heterocycles. The summed E-state index contributed by atoms with van der Waals surface area (Å²) in [6.45, 7) is 1.95. The summed E-state index contributed by atoms with van der Waals surface area (Å²) in [5.74, 6) is 1.43. The number of oxazole rings is 1. The van der Waals surface area contributed by atoms with Gasteiger partial charge in [-0.15, -0.1) is 0 Å². The molecule has 4 heterocycles. The van der Waals surface area contributed by atoms with Crippen LogP contribution >= 0.6 is 0 Å². The molecule has 0 aliphatic heterocycles. The summed E-state index contributed by atoms with van der Waals surface area (Å²) < 4.78 is 7.18. The minimum atomic E-state index is -0.188. The highest BCUT2D eigenvalue weighted by molar-refractivity contribution is 5.92. The van der Waals surface area contributed by atoms with Crippen molar-refractivity contribution in [1.29, 1.82) is 0 Å². The maximum absolute atomic E-state index is 12.1. The number of carbonyl (C=O) groups excluding carboxylic acids is 1. The summed E-state index contributed by atoms with van der Waals surface area (Å²) in [6.07, 6.45) is 8.24. The molecule has 124 valence electrons. The zero-order chi connectivity index (χ0) is 17.2. The second-order valence-electron chi connectivity index (χ2n) is 5.49. The average molecular weight is 334 g/mol. The zero-order valence-corrected chi connectivity index (χ0v) is 13.4. The number of imidazole rings is 1. The summed E-state index contributed by atoms with van der Waals surface area (Å²) in [5.41, 5.74) is 1.38. The molecular weight excluding hydrogens is 320 g/mol. The molecule has 1 N–H and O–H groups in total. The highest BCUT2D eigenvalue weighted by Crippen LogP contribution is 2.22. The number of aromatic nitrogens is 5. The molecule has 4 aromatic rings. The number of aryl methyl sites for hydroxylation is 1. The van der Waals surface area contributed by atoms with Crippen molar-refractivity contribution in [2.75, 3.05) is 5.32 Å². The quantitative estimate of drug-likeness (QED) is 0.615. The lowest BCUT2D eigenvalue weighted by Gasteiger charge is -2.06. The first kappa shape index (κ1) is 15.0. The van der Waals surface area contributed by atoms with Gasteiger partial charge in [0.25, 0.3) is 0 Å². The van der Waals surface area contributed by atoms with Crippen molar-refractivity contribution >= 4 is 22.6 Å². The first-order valence-corrected chi connectivity index (χ1v) is 7.62. The molecule has 0 saturated heterocycles. The Balaban J connectivity index is 1.59. The molecule has 8 nitrogen and oxygen atoms in total. The highest BCUT2D eigenvalue weighted by atomic mass is 16.4. The maximum atomic E-state index is 12.1. The van der Waals surface area contributed by atoms with Gasteiger partial charge in [-0.05, 0) is 12.1 Å². The Morgan fingerprint density at radius 1 is 1.28 bits per heavy atom. The zero-order valence-electron chi connectivity index (χ0n) is 13.4. The second-order valence-corrected chi connectivity index (χ2v) is 5.49. The molecule has 0 aliphatic carbocycles. The van der Waals surface area contributed by atoms with E-state index in [2.05, 4.69) is 25.3 Å². The Kier molecular flexibility index (Phi) is 3.70. The van der Waals surface area contributed by atoms with E-state index in [9.17, 15) is 4.79 Å². The fourth-order valence-electron chi connectivity index (χ4n) is 2.43. The number of pyridine rings is 2. The number of amides is 1. The van der Waals surface area contributed by atoms with Crippen molar-refractivity contribution in [3.8, 4) is 11.5 Å². The van der Waals surface area contributed by atoms with Gasteiger partial charge in [0.1, 0.15) is 18.1 Å². The largest absolute Gasteiger partial charge is 0.439 e. The summed E-state index contributed by atoms with van der Waals surface area (Å²) >= 11 is 0. The van der Waals surface area contributed by atoms with Crippen LogP contribution in [-0.4, -0.2) is 30.4 Å². The van der Waals surface area contributed by atoms with Crippen LogP contribution < -0.4 is 5.32 Å². The SMILES string of the molecule is Cc1ncc(-c2ccc3cnc(NC(=O)Cn4ccnc4)cc3n2)o1. The second kappa shape index (κ2) is 6.16. The van der Waals surface area contributed by atoms with Gasteiger partial charge in [0.05, 0.1) is 18.0 Å². The van der Waals surface area contributed by atoms with E-state index in [1.54, 1.807) is 48.7 Å². The van der Waals surface area contributed by atoms with Gasteiger partial charge in [0.2, 0.25) is 5.91 Å². The topological polar surface area (TPSA) is 98.7 Å². The monoisotopic (exact) mass is 334 g/mol. The Labute approximate surface area is 142 Å². The van der Waals surface area contributed by atoms with E-state index in [0.717, 1.165) is 5.39 Å². The Hall–Kier alpha value is -3.55. The third kappa shape index (κ3) is 3.23. The fraction of sp³-hybridized carbons (Fsp3) is 0.118. The van der Waals surface area contributed by atoms with Crippen molar-refractivity contribution in [1.82, 2.24) is 24.5 Å². The van der Waals surface area contributed by atoms with Crippen LogP contribution in [0.4, 0.5) is 5.82 Å². The van der Waals surface area contributed by atoms with Crippen molar-refractivity contribution in [3.63, 3.8) is 0 Å². The summed E-state index contributed by atoms with van der Waals surface area (Å²) in [5, 5.41) is 3.63. The summed E-state index contributed by atoms with van der Waals surface area (Å²) in [7, 11) is 0. The third-order valence-electron chi connectivity index (χ3n) is 3.60. The number of hydrogen-bond acceptors (Lipinski definition) is 6. The molecule has 0 radical (unpaired) electrons. The molecule has 0 atom stereocenters. The van der Waals surface area contributed by atoms with Crippen molar-refractivity contribution < 1.29 is 9.21 Å². The number of nitrogens with zero attached hydrogens (tertiary/aromatic N) is 5. The van der Waals surface area contributed by atoms with Gasteiger partial charge in [-0.3, -0.25) is 4.79 Å². The van der Waals surface area contributed by atoms with E-state index in [4.69, 9.17) is 4.42 Å². The van der Waals surface area contributed by atoms with Gasteiger partial charge >= 0.3 is 0 Å². The smallest absolute Gasteiger partial charge is 0.245 e. The van der Waals surface area contributed by atoms with Crippen molar-refractivity contribution in [3.05, 3.63) is 55.2 Å².